The normalized spacial score (nSPS) is 14.5. The molecule has 1 rings (SSSR count). The minimum atomic E-state index is -0.544. The first-order chi connectivity index (χ1) is 8.60. The standard InChI is InChI=1S/C14H21F2NO/c1-3-6-14(18-4-2)13(17)9-10-11(15)7-5-8-12(10)16/h5,7-8,13-14H,3-4,6,9,17H2,1-2H3. The minimum Gasteiger partial charge on any atom is -0.377 e. The van der Waals surface area contributed by atoms with E-state index < -0.39 is 17.7 Å². The van der Waals surface area contributed by atoms with Crippen LogP contribution in [0.25, 0.3) is 0 Å². The number of hydrogen-bond donors (Lipinski definition) is 1. The Balaban J connectivity index is 2.75. The average Bonchev–Trinajstić information content (AvgIpc) is 2.33. The lowest BCUT2D eigenvalue weighted by Crippen LogP contribution is -2.39. The zero-order chi connectivity index (χ0) is 13.5. The van der Waals surface area contributed by atoms with Gasteiger partial charge in [0.05, 0.1) is 6.10 Å². The van der Waals surface area contributed by atoms with Crippen molar-refractivity contribution in [3.05, 3.63) is 35.4 Å². The Kier molecular flexibility index (Phi) is 6.22. The van der Waals surface area contributed by atoms with Crippen LogP contribution in [0.15, 0.2) is 18.2 Å². The molecule has 0 saturated heterocycles. The van der Waals surface area contributed by atoms with Gasteiger partial charge in [0.2, 0.25) is 0 Å². The van der Waals surface area contributed by atoms with Crippen molar-refractivity contribution in [1.29, 1.82) is 0 Å². The topological polar surface area (TPSA) is 35.2 Å². The maximum Gasteiger partial charge on any atom is 0.129 e. The highest BCUT2D eigenvalue weighted by Crippen LogP contribution is 2.17. The first-order valence-electron chi connectivity index (χ1n) is 6.40. The van der Waals surface area contributed by atoms with E-state index in [9.17, 15) is 8.78 Å². The van der Waals surface area contributed by atoms with Gasteiger partial charge < -0.3 is 10.5 Å². The fourth-order valence-electron chi connectivity index (χ4n) is 2.01. The van der Waals surface area contributed by atoms with Crippen LogP contribution < -0.4 is 5.73 Å². The second-order valence-corrected chi connectivity index (χ2v) is 4.35. The Labute approximate surface area is 107 Å². The smallest absolute Gasteiger partial charge is 0.129 e. The van der Waals surface area contributed by atoms with E-state index in [0.717, 1.165) is 12.8 Å². The third-order valence-corrected chi connectivity index (χ3v) is 2.93. The van der Waals surface area contributed by atoms with Crippen LogP contribution in [0.5, 0.6) is 0 Å². The van der Waals surface area contributed by atoms with Crippen LogP contribution in [-0.2, 0) is 11.2 Å². The first kappa shape index (κ1) is 15.1. The molecule has 0 saturated carbocycles. The van der Waals surface area contributed by atoms with Gasteiger partial charge in [-0.1, -0.05) is 19.4 Å². The Bertz CT molecular complexity index is 345. The molecule has 0 bridgehead atoms. The lowest BCUT2D eigenvalue weighted by atomic mass is 9.98. The number of benzene rings is 1. The molecule has 102 valence electrons. The van der Waals surface area contributed by atoms with E-state index in [0.29, 0.717) is 6.61 Å². The molecule has 0 aliphatic heterocycles. The van der Waals surface area contributed by atoms with Gasteiger partial charge in [-0.3, -0.25) is 0 Å². The van der Waals surface area contributed by atoms with E-state index in [-0.39, 0.29) is 18.1 Å². The predicted molar refractivity (Wildman–Crippen MR) is 68.4 cm³/mol. The molecule has 1 aromatic rings. The molecule has 0 fully saturated rings. The fraction of sp³-hybridized carbons (Fsp3) is 0.571. The Morgan fingerprint density at radius 3 is 2.33 bits per heavy atom. The van der Waals surface area contributed by atoms with Gasteiger partial charge in [0, 0.05) is 18.2 Å². The third-order valence-electron chi connectivity index (χ3n) is 2.93. The Morgan fingerprint density at radius 1 is 1.22 bits per heavy atom. The van der Waals surface area contributed by atoms with Crippen LogP contribution in [-0.4, -0.2) is 18.8 Å². The van der Waals surface area contributed by atoms with Gasteiger partial charge in [-0.05, 0) is 31.9 Å². The van der Waals surface area contributed by atoms with Crippen molar-refractivity contribution in [3.63, 3.8) is 0 Å². The summed E-state index contributed by atoms with van der Waals surface area (Å²) in [6.07, 6.45) is 1.73. The van der Waals surface area contributed by atoms with E-state index >= 15 is 0 Å². The van der Waals surface area contributed by atoms with Gasteiger partial charge in [0.25, 0.3) is 0 Å². The second kappa shape index (κ2) is 7.44. The highest BCUT2D eigenvalue weighted by molar-refractivity contribution is 5.20. The van der Waals surface area contributed by atoms with Crippen molar-refractivity contribution in [2.24, 2.45) is 5.73 Å². The summed E-state index contributed by atoms with van der Waals surface area (Å²) in [6, 6.07) is 3.46. The number of hydrogen-bond acceptors (Lipinski definition) is 2. The van der Waals surface area contributed by atoms with Gasteiger partial charge >= 0.3 is 0 Å². The number of rotatable bonds is 7. The Hall–Kier alpha value is -1.00. The van der Waals surface area contributed by atoms with Gasteiger partial charge in [-0.15, -0.1) is 0 Å². The fourth-order valence-corrected chi connectivity index (χ4v) is 2.01. The van der Waals surface area contributed by atoms with Crippen LogP contribution in [0.4, 0.5) is 8.78 Å². The van der Waals surface area contributed by atoms with Crippen molar-refractivity contribution in [3.8, 4) is 0 Å². The highest BCUT2D eigenvalue weighted by Gasteiger charge is 2.20. The number of nitrogens with two attached hydrogens (primary N) is 1. The monoisotopic (exact) mass is 257 g/mol. The largest absolute Gasteiger partial charge is 0.377 e. The molecule has 4 heteroatoms. The van der Waals surface area contributed by atoms with Gasteiger partial charge in [0.15, 0.2) is 0 Å². The summed E-state index contributed by atoms with van der Waals surface area (Å²) in [4.78, 5) is 0. The summed E-state index contributed by atoms with van der Waals surface area (Å²) < 4.78 is 32.5. The van der Waals surface area contributed by atoms with Gasteiger partial charge in [-0.25, -0.2) is 8.78 Å². The summed E-state index contributed by atoms with van der Waals surface area (Å²) >= 11 is 0. The quantitative estimate of drug-likeness (QED) is 0.815. The van der Waals surface area contributed by atoms with Crippen molar-refractivity contribution >= 4 is 0 Å². The van der Waals surface area contributed by atoms with E-state index in [1.165, 1.54) is 18.2 Å². The van der Waals surface area contributed by atoms with E-state index in [2.05, 4.69) is 0 Å². The lowest BCUT2D eigenvalue weighted by Gasteiger charge is -2.23. The molecular weight excluding hydrogens is 236 g/mol. The SMILES string of the molecule is CCCC(OCC)C(N)Cc1c(F)cccc1F. The molecule has 0 spiro atoms. The van der Waals surface area contributed by atoms with Crippen LogP contribution in [0.2, 0.25) is 0 Å². The van der Waals surface area contributed by atoms with Crippen molar-refractivity contribution in [2.75, 3.05) is 6.61 Å². The summed E-state index contributed by atoms with van der Waals surface area (Å²) in [5.41, 5.74) is 6.05. The highest BCUT2D eigenvalue weighted by atomic mass is 19.1. The summed E-state index contributed by atoms with van der Waals surface area (Å²) in [7, 11) is 0. The molecule has 0 heterocycles. The maximum absolute atomic E-state index is 13.5. The van der Waals surface area contributed by atoms with E-state index in [1.54, 1.807) is 0 Å². The number of halogens is 2. The van der Waals surface area contributed by atoms with Gasteiger partial charge in [-0.2, -0.15) is 0 Å². The average molecular weight is 257 g/mol. The molecule has 2 unspecified atom stereocenters. The zero-order valence-electron chi connectivity index (χ0n) is 11.0. The van der Waals surface area contributed by atoms with Crippen molar-refractivity contribution in [2.45, 2.75) is 45.3 Å². The van der Waals surface area contributed by atoms with Gasteiger partial charge in [0.1, 0.15) is 11.6 Å². The van der Waals surface area contributed by atoms with Crippen LogP contribution in [0.1, 0.15) is 32.3 Å². The van der Waals surface area contributed by atoms with Crippen LogP contribution >= 0.6 is 0 Å². The lowest BCUT2D eigenvalue weighted by molar-refractivity contribution is 0.0375. The molecule has 0 aliphatic rings. The maximum atomic E-state index is 13.5. The van der Waals surface area contributed by atoms with Crippen molar-refractivity contribution in [1.82, 2.24) is 0 Å². The van der Waals surface area contributed by atoms with E-state index in [4.69, 9.17) is 10.5 Å². The molecule has 0 amide bonds. The third kappa shape index (κ3) is 4.03. The summed E-state index contributed by atoms with van der Waals surface area (Å²) in [6.45, 7) is 4.47. The molecule has 0 aromatic heterocycles. The molecule has 2 nitrogen and oxygen atoms in total. The second-order valence-electron chi connectivity index (χ2n) is 4.35. The molecular formula is C14H21F2NO. The molecule has 18 heavy (non-hydrogen) atoms. The molecule has 0 aliphatic carbocycles. The van der Waals surface area contributed by atoms with E-state index in [1.807, 2.05) is 13.8 Å². The summed E-state index contributed by atoms with van der Waals surface area (Å²) in [5, 5.41) is 0. The van der Waals surface area contributed by atoms with Crippen molar-refractivity contribution < 1.29 is 13.5 Å². The molecule has 0 radical (unpaired) electrons. The summed E-state index contributed by atoms with van der Waals surface area (Å²) in [5.74, 6) is -1.09. The van der Waals surface area contributed by atoms with Crippen LogP contribution in [0, 0.1) is 11.6 Å². The molecule has 1 aromatic carbocycles. The predicted octanol–water partition coefficient (Wildman–Crippen LogP) is 3.04. The molecule has 2 atom stereocenters. The number of ether oxygens (including phenoxy) is 1. The molecule has 2 N–H and O–H groups in total. The van der Waals surface area contributed by atoms with Crippen LogP contribution in [0.3, 0.4) is 0 Å². The minimum absolute atomic E-state index is 0.0470. The zero-order valence-corrected chi connectivity index (χ0v) is 11.0. The first-order valence-corrected chi connectivity index (χ1v) is 6.40. The Morgan fingerprint density at radius 2 is 1.83 bits per heavy atom.